The molecule has 0 bridgehead atoms. The highest BCUT2D eigenvalue weighted by atomic mass is 16.8. The van der Waals surface area contributed by atoms with Gasteiger partial charge in [-0.15, -0.1) is 0 Å². The van der Waals surface area contributed by atoms with E-state index < -0.39 is 12.4 Å². The number of carbonyl (C=O) groups excluding carboxylic acids is 2. The minimum atomic E-state index is -0.932. The van der Waals surface area contributed by atoms with E-state index in [4.69, 9.17) is 14.2 Å². The average molecular weight is 300 g/mol. The Bertz CT molecular complexity index is 352. The van der Waals surface area contributed by atoms with Crippen LogP contribution in [0.3, 0.4) is 0 Å². The van der Waals surface area contributed by atoms with Crippen molar-refractivity contribution in [1.82, 2.24) is 0 Å². The fourth-order valence-electron chi connectivity index (χ4n) is 2.13. The number of esters is 1. The molecule has 0 heterocycles. The molecule has 0 N–H and O–H groups in total. The van der Waals surface area contributed by atoms with Gasteiger partial charge in [-0.3, -0.25) is 4.79 Å². The molecule has 1 aliphatic rings. The normalized spacial score (nSPS) is 19.5. The summed E-state index contributed by atoms with van der Waals surface area (Å²) in [5.41, 5.74) is -0.195. The predicted molar refractivity (Wildman–Crippen MR) is 78.6 cm³/mol. The van der Waals surface area contributed by atoms with Crippen LogP contribution in [0.4, 0.5) is 4.79 Å². The molecule has 2 unspecified atom stereocenters. The van der Waals surface area contributed by atoms with E-state index in [1.807, 2.05) is 20.8 Å². The molecule has 1 rings (SSSR count). The van der Waals surface area contributed by atoms with E-state index in [2.05, 4.69) is 0 Å². The third-order valence-electron chi connectivity index (χ3n) is 4.01. The van der Waals surface area contributed by atoms with Gasteiger partial charge in [-0.05, 0) is 31.1 Å². The molecule has 0 radical (unpaired) electrons. The number of rotatable bonds is 4. The first kappa shape index (κ1) is 17.8. The lowest BCUT2D eigenvalue weighted by Crippen LogP contribution is -2.32. The molecule has 0 aromatic carbocycles. The maximum absolute atomic E-state index is 11.9. The van der Waals surface area contributed by atoms with E-state index in [0.29, 0.717) is 0 Å². The van der Waals surface area contributed by atoms with Crippen molar-refractivity contribution in [2.45, 2.75) is 79.1 Å². The Morgan fingerprint density at radius 1 is 1.00 bits per heavy atom. The van der Waals surface area contributed by atoms with E-state index in [0.717, 1.165) is 25.7 Å². The van der Waals surface area contributed by atoms with Gasteiger partial charge in [0.2, 0.25) is 6.29 Å². The largest absolute Gasteiger partial charge is 0.511 e. The monoisotopic (exact) mass is 300 g/mol. The van der Waals surface area contributed by atoms with Crippen molar-refractivity contribution in [3.05, 3.63) is 0 Å². The van der Waals surface area contributed by atoms with E-state index in [1.54, 1.807) is 6.92 Å². The van der Waals surface area contributed by atoms with Crippen LogP contribution in [0.25, 0.3) is 0 Å². The molecule has 1 saturated carbocycles. The van der Waals surface area contributed by atoms with Crippen molar-refractivity contribution in [3.8, 4) is 0 Å². The average Bonchev–Trinajstić information content (AvgIpc) is 2.37. The molecule has 1 aliphatic carbocycles. The molecule has 21 heavy (non-hydrogen) atoms. The number of hydrogen-bond donors (Lipinski definition) is 0. The van der Waals surface area contributed by atoms with E-state index in [-0.39, 0.29) is 23.4 Å². The van der Waals surface area contributed by atoms with Crippen molar-refractivity contribution in [2.75, 3.05) is 0 Å². The van der Waals surface area contributed by atoms with Gasteiger partial charge in [0.05, 0.1) is 5.92 Å². The van der Waals surface area contributed by atoms with Crippen LogP contribution >= 0.6 is 0 Å². The molecule has 0 amide bonds. The maximum atomic E-state index is 11.9. The van der Waals surface area contributed by atoms with Crippen LogP contribution in [-0.4, -0.2) is 24.5 Å². The summed E-state index contributed by atoms with van der Waals surface area (Å²) < 4.78 is 15.3. The zero-order chi connectivity index (χ0) is 16.0. The molecular formula is C16H28O5. The van der Waals surface area contributed by atoms with Crippen LogP contribution in [0.5, 0.6) is 0 Å². The summed E-state index contributed by atoms with van der Waals surface area (Å²) in [6, 6.07) is 0. The summed E-state index contributed by atoms with van der Waals surface area (Å²) in [5.74, 6) is -0.654. The SMILES string of the molecule is CC(OC(=O)OC1CCCCC1)OC(=O)C(C)C(C)(C)C. The number of ether oxygens (including phenoxy) is 3. The Balaban J connectivity index is 2.33. The standard InChI is InChI=1S/C16H28O5/c1-11(16(3,4)5)14(17)19-12(2)20-15(18)21-13-9-7-6-8-10-13/h11-13H,6-10H2,1-5H3. The Morgan fingerprint density at radius 2 is 1.57 bits per heavy atom. The Kier molecular flexibility index (Phi) is 6.49. The highest BCUT2D eigenvalue weighted by Gasteiger charge is 2.30. The summed E-state index contributed by atoms with van der Waals surface area (Å²) >= 11 is 0. The van der Waals surface area contributed by atoms with Gasteiger partial charge in [0.1, 0.15) is 6.10 Å². The van der Waals surface area contributed by atoms with Crippen LogP contribution in [0.1, 0.15) is 66.7 Å². The van der Waals surface area contributed by atoms with Crippen molar-refractivity contribution in [1.29, 1.82) is 0 Å². The fraction of sp³-hybridized carbons (Fsp3) is 0.875. The summed E-state index contributed by atoms with van der Waals surface area (Å²) in [4.78, 5) is 23.6. The Morgan fingerprint density at radius 3 is 2.10 bits per heavy atom. The summed E-state index contributed by atoms with van der Waals surface area (Å²) in [7, 11) is 0. The van der Waals surface area contributed by atoms with E-state index in [9.17, 15) is 9.59 Å². The first-order valence-electron chi connectivity index (χ1n) is 7.78. The molecule has 0 aromatic heterocycles. The van der Waals surface area contributed by atoms with Crippen LogP contribution in [0.15, 0.2) is 0 Å². The zero-order valence-electron chi connectivity index (χ0n) is 13.8. The van der Waals surface area contributed by atoms with Gasteiger partial charge in [0.25, 0.3) is 0 Å². The van der Waals surface area contributed by atoms with Gasteiger partial charge in [0.15, 0.2) is 0 Å². The van der Waals surface area contributed by atoms with Gasteiger partial charge in [0, 0.05) is 6.92 Å². The highest BCUT2D eigenvalue weighted by molar-refractivity contribution is 5.73. The Labute approximate surface area is 127 Å². The van der Waals surface area contributed by atoms with E-state index >= 15 is 0 Å². The van der Waals surface area contributed by atoms with Gasteiger partial charge < -0.3 is 14.2 Å². The summed E-state index contributed by atoms with van der Waals surface area (Å²) in [6.45, 7) is 9.20. The molecule has 0 aliphatic heterocycles. The molecule has 0 spiro atoms. The van der Waals surface area contributed by atoms with Crippen molar-refractivity contribution in [2.24, 2.45) is 11.3 Å². The summed E-state index contributed by atoms with van der Waals surface area (Å²) in [5, 5.41) is 0. The first-order chi connectivity index (χ1) is 9.70. The molecule has 5 heteroatoms. The van der Waals surface area contributed by atoms with Crippen LogP contribution in [0, 0.1) is 11.3 Å². The topological polar surface area (TPSA) is 61.8 Å². The molecule has 1 fully saturated rings. The zero-order valence-corrected chi connectivity index (χ0v) is 13.8. The van der Waals surface area contributed by atoms with Crippen molar-refractivity contribution >= 4 is 12.1 Å². The van der Waals surface area contributed by atoms with Crippen LogP contribution < -0.4 is 0 Å². The molecule has 2 atom stereocenters. The lowest BCUT2D eigenvalue weighted by atomic mass is 9.82. The number of hydrogen-bond acceptors (Lipinski definition) is 5. The maximum Gasteiger partial charge on any atom is 0.511 e. The predicted octanol–water partition coefficient (Wildman–Crippen LogP) is 4.04. The van der Waals surface area contributed by atoms with Crippen LogP contribution in [0.2, 0.25) is 0 Å². The van der Waals surface area contributed by atoms with Crippen molar-refractivity contribution < 1.29 is 23.8 Å². The van der Waals surface area contributed by atoms with Crippen molar-refractivity contribution in [3.63, 3.8) is 0 Å². The second-order valence-electron chi connectivity index (χ2n) is 6.84. The van der Waals surface area contributed by atoms with Crippen LogP contribution in [-0.2, 0) is 19.0 Å². The second kappa shape index (κ2) is 7.66. The summed E-state index contributed by atoms with van der Waals surface area (Å²) in [6.07, 6.45) is 3.34. The molecule has 122 valence electrons. The highest BCUT2D eigenvalue weighted by Crippen LogP contribution is 2.27. The third kappa shape index (κ3) is 6.36. The third-order valence-corrected chi connectivity index (χ3v) is 4.01. The quantitative estimate of drug-likeness (QED) is 0.579. The van der Waals surface area contributed by atoms with Gasteiger partial charge in [-0.1, -0.05) is 34.1 Å². The molecule has 0 saturated heterocycles. The lowest BCUT2D eigenvalue weighted by molar-refractivity contribution is -0.176. The second-order valence-corrected chi connectivity index (χ2v) is 6.84. The minimum absolute atomic E-state index is 0.0670. The first-order valence-corrected chi connectivity index (χ1v) is 7.78. The van der Waals surface area contributed by atoms with E-state index in [1.165, 1.54) is 13.3 Å². The molecule has 0 aromatic rings. The molecule has 5 nitrogen and oxygen atoms in total. The number of carbonyl (C=O) groups is 2. The van der Waals surface area contributed by atoms with Gasteiger partial charge >= 0.3 is 12.1 Å². The lowest BCUT2D eigenvalue weighted by Gasteiger charge is -2.27. The van der Waals surface area contributed by atoms with Gasteiger partial charge in [-0.25, -0.2) is 4.79 Å². The molecular weight excluding hydrogens is 272 g/mol. The van der Waals surface area contributed by atoms with Gasteiger partial charge in [-0.2, -0.15) is 0 Å². The smallest absolute Gasteiger partial charge is 0.431 e. The fourth-order valence-corrected chi connectivity index (χ4v) is 2.13. The Hall–Kier alpha value is -1.26. The minimum Gasteiger partial charge on any atom is -0.431 e.